The minimum Gasteiger partial charge on any atom is -0.726 e. The molecular weight excluding hydrogens is 284 g/mol. The summed E-state index contributed by atoms with van der Waals surface area (Å²) in [6.45, 7) is 0. The van der Waals surface area contributed by atoms with Crippen LogP contribution >= 0.6 is 0 Å². The van der Waals surface area contributed by atoms with Gasteiger partial charge in [-0.1, -0.05) is 36.4 Å². The van der Waals surface area contributed by atoms with E-state index in [4.69, 9.17) is 0 Å². The second-order valence-electron chi connectivity index (χ2n) is 3.36. The number of hydrogen-bond acceptors (Lipinski definition) is 4. The molecular formula is C13H14O4S2. The number of hydrogen-bond donors (Lipinski definition) is 0. The molecule has 0 saturated carbocycles. The Morgan fingerprint density at radius 2 is 1.21 bits per heavy atom. The van der Waals surface area contributed by atoms with Crippen LogP contribution in [0.25, 0.3) is 0 Å². The molecule has 0 fully saturated rings. The van der Waals surface area contributed by atoms with Crippen molar-refractivity contribution in [3.63, 3.8) is 0 Å². The zero-order chi connectivity index (χ0) is 14.1. The zero-order valence-corrected chi connectivity index (χ0v) is 12.0. The average Bonchev–Trinajstić information content (AvgIpc) is 2.41. The molecule has 0 unspecified atom stereocenters. The number of rotatable bonds is 3. The molecule has 0 atom stereocenters. The highest BCUT2D eigenvalue weighted by atomic mass is 32.3. The predicted octanol–water partition coefficient (Wildman–Crippen LogP) is 2.01. The normalized spacial score (nSPS) is 10.4. The second kappa shape index (κ2) is 7.96. The van der Waals surface area contributed by atoms with Crippen LogP contribution in [0.2, 0.25) is 0 Å². The van der Waals surface area contributed by atoms with Gasteiger partial charge < -0.3 is 4.55 Å². The molecule has 0 heterocycles. The van der Waals surface area contributed by atoms with Gasteiger partial charge in [0.1, 0.15) is 0 Å². The van der Waals surface area contributed by atoms with Crippen LogP contribution < -0.4 is 0 Å². The summed E-state index contributed by atoms with van der Waals surface area (Å²) in [5, 5.41) is 0. The third-order valence-corrected chi connectivity index (χ3v) is 3.50. The topological polar surface area (TPSA) is 66.4 Å². The fourth-order valence-electron chi connectivity index (χ4n) is 1.15. The number of thiol groups is 1. The monoisotopic (exact) mass is 298 g/mol. The van der Waals surface area contributed by atoms with E-state index in [0.29, 0.717) is 0 Å². The summed E-state index contributed by atoms with van der Waals surface area (Å²) >= 11 is 1.28. The summed E-state index contributed by atoms with van der Waals surface area (Å²) in [5.41, 5.74) is 0. The van der Waals surface area contributed by atoms with Crippen molar-refractivity contribution < 1.29 is 17.2 Å². The lowest BCUT2D eigenvalue weighted by Gasteiger charge is -1.98. The van der Waals surface area contributed by atoms with E-state index in [1.54, 1.807) is 0 Å². The van der Waals surface area contributed by atoms with Crippen LogP contribution in [-0.4, -0.2) is 20.1 Å². The SMILES string of the molecule is COS(=O)(=O)[O-].c1ccc([SH+]c2ccccc2)cc1. The van der Waals surface area contributed by atoms with E-state index in [2.05, 4.69) is 52.7 Å². The van der Waals surface area contributed by atoms with E-state index < -0.39 is 10.4 Å². The van der Waals surface area contributed by atoms with Crippen LogP contribution in [-0.2, 0) is 26.3 Å². The molecule has 0 radical (unpaired) electrons. The van der Waals surface area contributed by atoms with Crippen LogP contribution in [0, 0.1) is 0 Å². The smallest absolute Gasteiger partial charge is 0.217 e. The molecule has 0 N–H and O–H groups in total. The van der Waals surface area contributed by atoms with E-state index in [9.17, 15) is 13.0 Å². The van der Waals surface area contributed by atoms with Crippen molar-refractivity contribution in [2.75, 3.05) is 7.11 Å². The molecule has 0 saturated heterocycles. The molecule has 4 nitrogen and oxygen atoms in total. The van der Waals surface area contributed by atoms with Gasteiger partial charge in [0.2, 0.25) is 10.4 Å². The maximum Gasteiger partial charge on any atom is 0.217 e. The van der Waals surface area contributed by atoms with Crippen LogP contribution in [0.15, 0.2) is 70.5 Å². The first-order valence-corrected chi connectivity index (χ1v) is 7.57. The van der Waals surface area contributed by atoms with E-state index in [-0.39, 0.29) is 0 Å². The van der Waals surface area contributed by atoms with Gasteiger partial charge in [0.15, 0.2) is 9.79 Å². The zero-order valence-electron chi connectivity index (χ0n) is 10.3. The van der Waals surface area contributed by atoms with Crippen LogP contribution in [0.1, 0.15) is 0 Å². The summed E-state index contributed by atoms with van der Waals surface area (Å²) in [6, 6.07) is 21.0. The Balaban J connectivity index is 0.000000258. The van der Waals surface area contributed by atoms with Crippen molar-refractivity contribution in [3.8, 4) is 0 Å². The highest BCUT2D eigenvalue weighted by Crippen LogP contribution is 2.10. The van der Waals surface area contributed by atoms with Gasteiger partial charge in [-0.05, 0) is 24.3 Å². The maximum absolute atomic E-state index is 9.22. The largest absolute Gasteiger partial charge is 0.726 e. The Hall–Kier alpha value is -1.34. The molecule has 102 valence electrons. The van der Waals surface area contributed by atoms with Gasteiger partial charge in [0, 0.05) is 11.8 Å². The molecule has 0 amide bonds. The summed E-state index contributed by atoms with van der Waals surface area (Å²) in [6.07, 6.45) is 0. The summed E-state index contributed by atoms with van der Waals surface area (Å²) in [5.74, 6) is 0. The molecule has 2 rings (SSSR count). The van der Waals surface area contributed by atoms with Crippen molar-refractivity contribution >= 4 is 22.2 Å². The van der Waals surface area contributed by atoms with E-state index in [1.165, 1.54) is 21.6 Å². The van der Waals surface area contributed by atoms with Crippen LogP contribution in [0.5, 0.6) is 0 Å². The van der Waals surface area contributed by atoms with Gasteiger partial charge in [0.05, 0.1) is 7.11 Å². The Morgan fingerprint density at radius 3 is 1.47 bits per heavy atom. The molecule has 0 bridgehead atoms. The fraction of sp³-hybridized carbons (Fsp3) is 0.0769. The van der Waals surface area contributed by atoms with Gasteiger partial charge in [-0.3, -0.25) is 4.18 Å². The highest BCUT2D eigenvalue weighted by Gasteiger charge is 2.03. The van der Waals surface area contributed by atoms with Gasteiger partial charge in [-0.15, -0.1) is 0 Å². The highest BCUT2D eigenvalue weighted by molar-refractivity contribution is 7.80. The van der Waals surface area contributed by atoms with Gasteiger partial charge in [-0.25, -0.2) is 8.42 Å². The Morgan fingerprint density at radius 1 is 0.895 bits per heavy atom. The average molecular weight is 298 g/mol. The second-order valence-corrected chi connectivity index (χ2v) is 5.76. The molecule has 0 aliphatic rings. The minimum atomic E-state index is -4.41. The summed E-state index contributed by atoms with van der Waals surface area (Å²) in [7, 11) is -3.60. The van der Waals surface area contributed by atoms with Crippen molar-refractivity contribution in [2.45, 2.75) is 9.79 Å². The van der Waals surface area contributed by atoms with E-state index in [1.807, 2.05) is 12.1 Å². The van der Waals surface area contributed by atoms with Crippen molar-refractivity contribution in [3.05, 3.63) is 60.7 Å². The molecule has 0 aliphatic carbocycles. The number of benzene rings is 2. The molecule has 2 aromatic rings. The fourth-order valence-corrected chi connectivity index (χ4v) is 2.09. The van der Waals surface area contributed by atoms with Gasteiger partial charge in [-0.2, -0.15) is 0 Å². The molecule has 2 aromatic carbocycles. The third-order valence-electron chi connectivity index (χ3n) is 1.97. The molecule has 6 heteroatoms. The minimum absolute atomic E-state index is 0.808. The summed E-state index contributed by atoms with van der Waals surface area (Å²) in [4.78, 5) is 2.68. The first-order valence-electron chi connectivity index (χ1n) is 5.34. The Labute approximate surface area is 117 Å². The summed E-state index contributed by atoms with van der Waals surface area (Å²) < 4.78 is 31.0. The van der Waals surface area contributed by atoms with Crippen LogP contribution in [0.3, 0.4) is 0 Å². The van der Waals surface area contributed by atoms with Gasteiger partial charge in [0.25, 0.3) is 0 Å². The first-order chi connectivity index (χ1) is 9.01. The van der Waals surface area contributed by atoms with Crippen molar-refractivity contribution in [1.82, 2.24) is 0 Å². The van der Waals surface area contributed by atoms with E-state index >= 15 is 0 Å². The van der Waals surface area contributed by atoms with Crippen LogP contribution in [0.4, 0.5) is 0 Å². The standard InChI is InChI=1S/C12H10S.CH4O4S/c1-3-7-11(8-4-1)13-12-9-5-2-6-10-12;1-5-6(2,3)4/h1-10H;1H3,(H,2,3,4). The molecule has 0 aromatic heterocycles. The molecule has 0 spiro atoms. The first kappa shape index (κ1) is 15.7. The molecule has 0 aliphatic heterocycles. The van der Waals surface area contributed by atoms with Crippen molar-refractivity contribution in [1.29, 1.82) is 0 Å². The predicted molar refractivity (Wildman–Crippen MR) is 74.9 cm³/mol. The lowest BCUT2D eigenvalue weighted by molar-refractivity contribution is 0.314. The van der Waals surface area contributed by atoms with Crippen molar-refractivity contribution in [2.24, 2.45) is 0 Å². The lowest BCUT2D eigenvalue weighted by atomic mass is 10.4. The Kier molecular flexibility index (Phi) is 6.58. The van der Waals surface area contributed by atoms with E-state index in [0.717, 1.165) is 7.11 Å². The quantitative estimate of drug-likeness (QED) is 0.376. The third kappa shape index (κ3) is 7.63. The maximum atomic E-state index is 9.22. The van der Waals surface area contributed by atoms with Gasteiger partial charge >= 0.3 is 0 Å². The molecule has 19 heavy (non-hydrogen) atoms. The Bertz CT molecular complexity index is 531. The lowest BCUT2D eigenvalue weighted by Crippen LogP contribution is -1.97.